The number of amides is 2. The van der Waals surface area contributed by atoms with Crippen LogP contribution >= 0.6 is 11.8 Å². The molecule has 0 radical (unpaired) electrons. The van der Waals surface area contributed by atoms with Crippen LogP contribution in [-0.2, 0) is 27.4 Å². The third kappa shape index (κ3) is 7.93. The molecule has 0 saturated carbocycles. The molecule has 0 aliphatic carbocycles. The average Bonchev–Trinajstić information content (AvgIpc) is 2.77. The van der Waals surface area contributed by atoms with Gasteiger partial charge in [0.2, 0.25) is 11.8 Å². The molecule has 1 saturated heterocycles. The van der Waals surface area contributed by atoms with E-state index in [1.807, 2.05) is 12.1 Å². The van der Waals surface area contributed by atoms with Crippen molar-refractivity contribution in [3.8, 4) is 0 Å². The molecular formula is C24H30FN3O3S. The van der Waals surface area contributed by atoms with E-state index in [4.69, 9.17) is 4.74 Å². The van der Waals surface area contributed by atoms with Gasteiger partial charge in [0.25, 0.3) is 0 Å². The van der Waals surface area contributed by atoms with Gasteiger partial charge >= 0.3 is 0 Å². The molecule has 32 heavy (non-hydrogen) atoms. The van der Waals surface area contributed by atoms with Gasteiger partial charge in [0.1, 0.15) is 5.82 Å². The number of hydrogen-bond acceptors (Lipinski definition) is 5. The Morgan fingerprint density at radius 1 is 1.22 bits per heavy atom. The zero-order chi connectivity index (χ0) is 22.9. The predicted octanol–water partition coefficient (Wildman–Crippen LogP) is 3.42. The first kappa shape index (κ1) is 24.2. The summed E-state index contributed by atoms with van der Waals surface area (Å²) in [5, 5.41) is 5.27. The molecular weight excluding hydrogens is 429 g/mol. The molecule has 1 fully saturated rings. The summed E-state index contributed by atoms with van der Waals surface area (Å²) in [6.07, 6.45) is 0.253. The largest absolute Gasteiger partial charge is 0.376 e. The van der Waals surface area contributed by atoms with E-state index < -0.39 is 0 Å². The molecule has 3 rings (SSSR count). The number of morpholine rings is 1. The van der Waals surface area contributed by atoms with Crippen molar-refractivity contribution >= 4 is 29.3 Å². The van der Waals surface area contributed by atoms with E-state index in [2.05, 4.69) is 34.6 Å². The van der Waals surface area contributed by atoms with Crippen LogP contribution in [0.4, 0.5) is 10.1 Å². The number of carbonyl (C=O) groups is 2. The van der Waals surface area contributed by atoms with Gasteiger partial charge in [-0.25, -0.2) is 4.39 Å². The molecule has 0 spiro atoms. The van der Waals surface area contributed by atoms with E-state index in [-0.39, 0.29) is 34.7 Å². The van der Waals surface area contributed by atoms with Gasteiger partial charge in [-0.1, -0.05) is 24.3 Å². The summed E-state index contributed by atoms with van der Waals surface area (Å²) in [4.78, 5) is 26.9. The molecule has 1 aliphatic heterocycles. The lowest BCUT2D eigenvalue weighted by atomic mass is 10.1. The number of rotatable bonds is 9. The van der Waals surface area contributed by atoms with Crippen LogP contribution < -0.4 is 10.6 Å². The number of nitrogens with zero attached hydrogens (tertiary/aromatic N) is 1. The highest BCUT2D eigenvalue weighted by atomic mass is 32.2. The predicted molar refractivity (Wildman–Crippen MR) is 126 cm³/mol. The number of halogens is 1. The summed E-state index contributed by atoms with van der Waals surface area (Å²) in [6, 6.07) is 13.8. The fraction of sp³-hybridized carbons (Fsp3) is 0.417. The number of benzene rings is 2. The summed E-state index contributed by atoms with van der Waals surface area (Å²) in [5.41, 5.74) is 2.79. The second kappa shape index (κ2) is 12.0. The van der Waals surface area contributed by atoms with Crippen molar-refractivity contribution < 1.29 is 18.7 Å². The summed E-state index contributed by atoms with van der Waals surface area (Å²) < 4.78 is 18.5. The smallest absolute Gasteiger partial charge is 0.234 e. The molecule has 0 aromatic heterocycles. The van der Waals surface area contributed by atoms with E-state index in [1.54, 1.807) is 6.92 Å². The van der Waals surface area contributed by atoms with E-state index in [0.717, 1.165) is 31.8 Å². The number of ether oxygens (including phenoxy) is 1. The van der Waals surface area contributed by atoms with Crippen molar-refractivity contribution in [2.24, 2.45) is 0 Å². The molecule has 2 N–H and O–H groups in total. The Labute approximate surface area is 192 Å². The van der Waals surface area contributed by atoms with Gasteiger partial charge < -0.3 is 15.4 Å². The van der Waals surface area contributed by atoms with Gasteiger partial charge in [0, 0.05) is 31.9 Å². The standard InChI is InChI=1S/C24H30FN3O3S/c1-17-14-28(10-11-31-17)15-20-5-3-4-19(12-20)13-26-24(30)18(2)32-16-23(29)27-22-8-6-21(25)7-9-22/h3-9,12,17-18H,10-11,13-16H2,1-2H3,(H,26,30)(H,27,29). The monoisotopic (exact) mass is 459 g/mol. The highest BCUT2D eigenvalue weighted by Crippen LogP contribution is 2.15. The van der Waals surface area contributed by atoms with Crippen molar-refractivity contribution in [3.05, 3.63) is 65.5 Å². The highest BCUT2D eigenvalue weighted by Gasteiger charge is 2.17. The number of carbonyl (C=O) groups excluding carboxylic acids is 2. The van der Waals surface area contributed by atoms with Crippen LogP contribution in [0.5, 0.6) is 0 Å². The zero-order valence-electron chi connectivity index (χ0n) is 18.5. The first-order valence-electron chi connectivity index (χ1n) is 10.8. The topological polar surface area (TPSA) is 70.7 Å². The summed E-state index contributed by atoms with van der Waals surface area (Å²) >= 11 is 1.26. The first-order valence-corrected chi connectivity index (χ1v) is 11.8. The van der Waals surface area contributed by atoms with Crippen LogP contribution in [-0.4, -0.2) is 53.5 Å². The number of anilines is 1. The van der Waals surface area contributed by atoms with Crippen LogP contribution in [0.25, 0.3) is 0 Å². The van der Waals surface area contributed by atoms with Gasteiger partial charge in [-0.05, 0) is 49.2 Å². The van der Waals surface area contributed by atoms with Crippen LogP contribution in [0.2, 0.25) is 0 Å². The van der Waals surface area contributed by atoms with Crippen molar-refractivity contribution in [2.75, 3.05) is 30.8 Å². The van der Waals surface area contributed by atoms with E-state index in [1.165, 1.54) is 41.6 Å². The Morgan fingerprint density at radius 2 is 1.97 bits per heavy atom. The van der Waals surface area contributed by atoms with Crippen molar-refractivity contribution in [2.45, 2.75) is 38.3 Å². The zero-order valence-corrected chi connectivity index (χ0v) is 19.3. The highest BCUT2D eigenvalue weighted by molar-refractivity contribution is 8.01. The first-order chi connectivity index (χ1) is 15.4. The van der Waals surface area contributed by atoms with Crippen molar-refractivity contribution in [3.63, 3.8) is 0 Å². The molecule has 2 atom stereocenters. The van der Waals surface area contributed by atoms with Crippen molar-refractivity contribution in [1.29, 1.82) is 0 Å². The molecule has 1 heterocycles. The maximum absolute atomic E-state index is 12.9. The Kier molecular flexibility index (Phi) is 9.08. The second-order valence-electron chi connectivity index (χ2n) is 7.96. The van der Waals surface area contributed by atoms with Gasteiger partial charge in [0.05, 0.1) is 23.7 Å². The number of thioether (sulfide) groups is 1. The minimum Gasteiger partial charge on any atom is -0.376 e. The Bertz CT molecular complexity index is 910. The number of nitrogens with one attached hydrogen (secondary N) is 2. The molecule has 6 nitrogen and oxygen atoms in total. The van der Waals surface area contributed by atoms with Crippen molar-refractivity contribution in [1.82, 2.24) is 10.2 Å². The molecule has 2 unspecified atom stereocenters. The normalized spacial score (nSPS) is 17.5. The Morgan fingerprint density at radius 3 is 2.72 bits per heavy atom. The fourth-order valence-corrected chi connectivity index (χ4v) is 4.18. The van der Waals surface area contributed by atoms with Gasteiger partial charge in [-0.3, -0.25) is 14.5 Å². The molecule has 172 valence electrons. The third-order valence-electron chi connectivity index (χ3n) is 5.15. The van der Waals surface area contributed by atoms with Crippen LogP contribution in [0, 0.1) is 5.82 Å². The molecule has 2 aromatic rings. The third-order valence-corrected chi connectivity index (χ3v) is 6.29. The molecule has 8 heteroatoms. The van der Waals surface area contributed by atoms with Crippen LogP contribution in [0.1, 0.15) is 25.0 Å². The summed E-state index contributed by atoms with van der Waals surface area (Å²) in [5.74, 6) is -0.563. The van der Waals surface area contributed by atoms with Crippen LogP contribution in [0.15, 0.2) is 48.5 Å². The maximum Gasteiger partial charge on any atom is 0.234 e. The van der Waals surface area contributed by atoms with E-state index in [9.17, 15) is 14.0 Å². The second-order valence-corrected chi connectivity index (χ2v) is 9.29. The van der Waals surface area contributed by atoms with E-state index >= 15 is 0 Å². The lowest BCUT2D eigenvalue weighted by Gasteiger charge is -2.31. The SMILES string of the molecule is CC1CN(Cc2cccc(CNC(=O)C(C)SCC(=O)Nc3ccc(F)cc3)c2)CCO1. The minimum absolute atomic E-state index is 0.114. The Hall–Kier alpha value is -2.42. The maximum atomic E-state index is 12.9. The van der Waals surface area contributed by atoms with E-state index in [0.29, 0.717) is 12.2 Å². The fourth-order valence-electron chi connectivity index (χ4n) is 3.47. The molecule has 0 bridgehead atoms. The quantitative estimate of drug-likeness (QED) is 0.601. The molecule has 1 aliphatic rings. The van der Waals surface area contributed by atoms with Crippen LogP contribution in [0.3, 0.4) is 0 Å². The Balaban J connectivity index is 1.40. The lowest BCUT2D eigenvalue weighted by molar-refractivity contribution is -0.120. The van der Waals surface area contributed by atoms with Gasteiger partial charge in [-0.2, -0.15) is 0 Å². The molecule has 2 amide bonds. The molecule has 2 aromatic carbocycles. The summed E-state index contributed by atoms with van der Waals surface area (Å²) in [6.45, 7) is 7.78. The van der Waals surface area contributed by atoms with Gasteiger partial charge in [-0.15, -0.1) is 11.8 Å². The number of hydrogen-bond donors (Lipinski definition) is 2. The lowest BCUT2D eigenvalue weighted by Crippen LogP contribution is -2.40. The average molecular weight is 460 g/mol. The van der Waals surface area contributed by atoms with Gasteiger partial charge in [0.15, 0.2) is 0 Å². The minimum atomic E-state index is -0.369. The summed E-state index contributed by atoms with van der Waals surface area (Å²) in [7, 11) is 0.